The number of carbonyl (C=O) groups is 1. The predicted octanol–water partition coefficient (Wildman–Crippen LogP) is 3.55. The van der Waals surface area contributed by atoms with Crippen LogP contribution in [-0.4, -0.2) is 37.9 Å². The summed E-state index contributed by atoms with van der Waals surface area (Å²) in [6, 6.07) is 8.65. The maximum Gasteiger partial charge on any atom is 0.230 e. The molecule has 6 nitrogen and oxygen atoms in total. The van der Waals surface area contributed by atoms with E-state index in [0.29, 0.717) is 17.0 Å². The zero-order chi connectivity index (χ0) is 18.2. The molecular formula is C19H27N5OS. The van der Waals surface area contributed by atoms with Crippen LogP contribution in [0.1, 0.15) is 57.4 Å². The highest BCUT2D eigenvalue weighted by Gasteiger charge is 2.17. The summed E-state index contributed by atoms with van der Waals surface area (Å²) < 4.78 is 1.70. The quantitative estimate of drug-likeness (QED) is 0.717. The van der Waals surface area contributed by atoms with E-state index in [1.54, 1.807) is 4.68 Å². The SMILES string of the molecule is CCCCc1ccc(-n2nnnc2SCC(=O)NC2CCCCC2)cc1. The number of thioether (sulfide) groups is 1. The third-order valence-electron chi connectivity index (χ3n) is 4.74. The van der Waals surface area contributed by atoms with Crippen LogP contribution < -0.4 is 5.32 Å². The number of amides is 1. The van der Waals surface area contributed by atoms with Crippen LogP contribution in [0.15, 0.2) is 29.4 Å². The van der Waals surface area contributed by atoms with Gasteiger partial charge in [0.2, 0.25) is 11.1 Å². The van der Waals surface area contributed by atoms with Gasteiger partial charge in [0.25, 0.3) is 0 Å². The first-order valence-corrected chi connectivity index (χ1v) is 10.5. The largest absolute Gasteiger partial charge is 0.353 e. The standard InChI is InChI=1S/C19H27N5OS/c1-2-3-7-15-10-12-17(13-11-15)24-19(21-22-23-24)26-14-18(25)20-16-8-5-4-6-9-16/h10-13,16H,2-9,14H2,1H3,(H,20,25). The molecule has 0 aliphatic heterocycles. The Hall–Kier alpha value is -1.89. The van der Waals surface area contributed by atoms with Gasteiger partial charge >= 0.3 is 0 Å². The number of carbonyl (C=O) groups excluding carboxylic acids is 1. The topological polar surface area (TPSA) is 72.7 Å². The van der Waals surface area contributed by atoms with Crippen molar-refractivity contribution in [2.75, 3.05) is 5.75 Å². The molecule has 2 aromatic rings. The number of benzene rings is 1. The number of hydrogen-bond acceptors (Lipinski definition) is 5. The molecule has 0 atom stereocenters. The Labute approximate surface area is 159 Å². The first-order valence-electron chi connectivity index (χ1n) is 9.56. The van der Waals surface area contributed by atoms with Crippen LogP contribution in [-0.2, 0) is 11.2 Å². The number of aromatic nitrogens is 4. The van der Waals surface area contributed by atoms with Gasteiger partial charge in [0, 0.05) is 6.04 Å². The van der Waals surface area contributed by atoms with Gasteiger partial charge in [-0.05, 0) is 53.8 Å². The Balaban J connectivity index is 1.55. The van der Waals surface area contributed by atoms with Crippen molar-refractivity contribution in [3.8, 4) is 5.69 Å². The van der Waals surface area contributed by atoms with Crippen molar-refractivity contribution in [3.05, 3.63) is 29.8 Å². The molecule has 0 saturated heterocycles. The molecule has 1 aliphatic carbocycles. The van der Waals surface area contributed by atoms with Crippen LogP contribution in [0, 0.1) is 0 Å². The Bertz CT molecular complexity index is 694. The van der Waals surface area contributed by atoms with Gasteiger partial charge < -0.3 is 5.32 Å². The number of unbranched alkanes of at least 4 members (excludes halogenated alkanes) is 1. The lowest BCUT2D eigenvalue weighted by molar-refractivity contribution is -0.119. The van der Waals surface area contributed by atoms with E-state index in [1.165, 1.54) is 49.4 Å². The van der Waals surface area contributed by atoms with Crippen molar-refractivity contribution in [1.82, 2.24) is 25.5 Å². The van der Waals surface area contributed by atoms with Crippen molar-refractivity contribution in [1.29, 1.82) is 0 Å². The second kappa shape index (κ2) is 9.71. The average molecular weight is 374 g/mol. The van der Waals surface area contributed by atoms with Gasteiger partial charge in [0.05, 0.1) is 11.4 Å². The van der Waals surface area contributed by atoms with E-state index in [4.69, 9.17) is 0 Å². The summed E-state index contributed by atoms with van der Waals surface area (Å²) in [5, 5.41) is 15.7. The minimum absolute atomic E-state index is 0.0614. The molecule has 0 radical (unpaired) electrons. The van der Waals surface area contributed by atoms with Gasteiger partial charge in [-0.25, -0.2) is 0 Å². The predicted molar refractivity (Wildman–Crippen MR) is 104 cm³/mol. The summed E-state index contributed by atoms with van der Waals surface area (Å²) in [7, 11) is 0. The summed E-state index contributed by atoms with van der Waals surface area (Å²) in [6.45, 7) is 2.20. The van der Waals surface area contributed by atoms with E-state index < -0.39 is 0 Å². The monoisotopic (exact) mass is 373 g/mol. The minimum Gasteiger partial charge on any atom is -0.353 e. The van der Waals surface area contributed by atoms with Crippen LogP contribution in [0.25, 0.3) is 5.69 Å². The Kier molecular flexibility index (Phi) is 7.05. The van der Waals surface area contributed by atoms with Crippen molar-refractivity contribution >= 4 is 17.7 Å². The van der Waals surface area contributed by atoms with Gasteiger partial charge in [-0.15, -0.1) is 5.10 Å². The molecule has 1 aliphatic rings. The first-order chi connectivity index (χ1) is 12.8. The number of nitrogens with one attached hydrogen (secondary N) is 1. The van der Waals surface area contributed by atoms with Crippen LogP contribution >= 0.6 is 11.8 Å². The Morgan fingerprint density at radius 2 is 2.00 bits per heavy atom. The molecule has 7 heteroatoms. The highest BCUT2D eigenvalue weighted by Crippen LogP contribution is 2.20. The molecule has 140 valence electrons. The molecule has 26 heavy (non-hydrogen) atoms. The summed E-state index contributed by atoms with van der Waals surface area (Å²) >= 11 is 1.38. The van der Waals surface area contributed by atoms with E-state index >= 15 is 0 Å². The van der Waals surface area contributed by atoms with Crippen molar-refractivity contribution in [2.24, 2.45) is 0 Å². The van der Waals surface area contributed by atoms with Gasteiger partial charge in [-0.3, -0.25) is 4.79 Å². The van der Waals surface area contributed by atoms with Gasteiger partial charge in [0.1, 0.15) is 0 Å². The Morgan fingerprint density at radius 3 is 2.73 bits per heavy atom. The number of rotatable bonds is 8. The zero-order valence-corrected chi connectivity index (χ0v) is 16.2. The highest BCUT2D eigenvalue weighted by atomic mass is 32.2. The second-order valence-corrected chi connectivity index (χ2v) is 7.78. The molecule has 1 aromatic heterocycles. The normalized spacial score (nSPS) is 15.1. The number of aryl methyl sites for hydroxylation is 1. The Morgan fingerprint density at radius 1 is 1.23 bits per heavy atom. The maximum absolute atomic E-state index is 12.2. The average Bonchev–Trinajstić information content (AvgIpc) is 3.14. The zero-order valence-electron chi connectivity index (χ0n) is 15.4. The molecule has 1 fully saturated rings. The van der Waals surface area contributed by atoms with Gasteiger partial charge in [-0.1, -0.05) is 56.5 Å². The molecule has 1 saturated carbocycles. The van der Waals surface area contributed by atoms with Crippen molar-refractivity contribution < 1.29 is 4.79 Å². The smallest absolute Gasteiger partial charge is 0.230 e. The van der Waals surface area contributed by atoms with E-state index in [-0.39, 0.29) is 5.91 Å². The number of hydrogen-bond donors (Lipinski definition) is 1. The molecule has 1 heterocycles. The van der Waals surface area contributed by atoms with Gasteiger partial charge in [0.15, 0.2) is 0 Å². The van der Waals surface area contributed by atoms with Crippen LogP contribution in [0.3, 0.4) is 0 Å². The third kappa shape index (κ3) is 5.30. The van der Waals surface area contributed by atoms with Crippen molar-refractivity contribution in [3.63, 3.8) is 0 Å². The molecular weight excluding hydrogens is 346 g/mol. The van der Waals surface area contributed by atoms with Crippen LogP contribution in [0.5, 0.6) is 0 Å². The molecule has 1 amide bonds. The third-order valence-corrected chi connectivity index (χ3v) is 5.66. The molecule has 0 bridgehead atoms. The van der Waals surface area contributed by atoms with E-state index in [1.807, 2.05) is 12.1 Å². The highest BCUT2D eigenvalue weighted by molar-refractivity contribution is 7.99. The van der Waals surface area contributed by atoms with E-state index in [0.717, 1.165) is 24.9 Å². The van der Waals surface area contributed by atoms with E-state index in [9.17, 15) is 4.79 Å². The van der Waals surface area contributed by atoms with Crippen LogP contribution in [0.2, 0.25) is 0 Å². The molecule has 0 unspecified atom stereocenters. The number of tetrazole rings is 1. The summed E-state index contributed by atoms with van der Waals surface area (Å²) in [5.74, 6) is 0.400. The molecule has 3 rings (SSSR count). The molecule has 0 spiro atoms. The summed E-state index contributed by atoms with van der Waals surface area (Å²) in [6.07, 6.45) is 9.38. The van der Waals surface area contributed by atoms with Gasteiger partial charge in [-0.2, -0.15) is 4.68 Å². The molecule has 1 aromatic carbocycles. The molecule has 1 N–H and O–H groups in total. The number of nitrogens with zero attached hydrogens (tertiary/aromatic N) is 4. The maximum atomic E-state index is 12.2. The lowest BCUT2D eigenvalue weighted by Crippen LogP contribution is -2.37. The van der Waals surface area contributed by atoms with E-state index in [2.05, 4.69) is 39.9 Å². The van der Waals surface area contributed by atoms with Crippen LogP contribution in [0.4, 0.5) is 0 Å². The summed E-state index contributed by atoms with van der Waals surface area (Å²) in [5.41, 5.74) is 2.25. The second-order valence-electron chi connectivity index (χ2n) is 6.83. The fourth-order valence-corrected chi connectivity index (χ4v) is 3.96. The first kappa shape index (κ1) is 18.9. The van der Waals surface area contributed by atoms with Crippen molar-refractivity contribution in [2.45, 2.75) is 69.5 Å². The summed E-state index contributed by atoms with van der Waals surface area (Å²) in [4.78, 5) is 12.2. The lowest BCUT2D eigenvalue weighted by atomic mass is 9.95. The fourth-order valence-electron chi connectivity index (χ4n) is 3.26. The fraction of sp³-hybridized carbons (Fsp3) is 0.579. The lowest BCUT2D eigenvalue weighted by Gasteiger charge is -2.22. The minimum atomic E-state index is 0.0614.